The molecule has 3 heteroatoms. The summed E-state index contributed by atoms with van der Waals surface area (Å²) in [5.41, 5.74) is 0. The molecule has 0 aromatic heterocycles. The van der Waals surface area contributed by atoms with Crippen LogP contribution in [-0.2, 0) is 4.74 Å². The van der Waals surface area contributed by atoms with E-state index in [0.29, 0.717) is 12.5 Å². The maximum absolute atomic E-state index is 9.40. The smallest absolute Gasteiger partial charge is 0.0726 e. The second-order valence-corrected chi connectivity index (χ2v) is 3.41. The number of hydrogen-bond acceptors (Lipinski definition) is 3. The van der Waals surface area contributed by atoms with Gasteiger partial charge in [0.25, 0.3) is 0 Å². The van der Waals surface area contributed by atoms with Gasteiger partial charge in [-0.15, -0.1) is 0 Å². The molecular formula is C9H19NO2. The molecule has 1 saturated heterocycles. The summed E-state index contributed by atoms with van der Waals surface area (Å²) in [6.45, 7) is 5.30. The van der Waals surface area contributed by atoms with Gasteiger partial charge in [-0.2, -0.15) is 0 Å². The Kier molecular flexibility index (Phi) is 4.58. The summed E-state index contributed by atoms with van der Waals surface area (Å²) in [4.78, 5) is 0. The fourth-order valence-corrected chi connectivity index (χ4v) is 1.37. The molecular weight excluding hydrogens is 154 g/mol. The zero-order valence-corrected chi connectivity index (χ0v) is 7.75. The molecule has 1 aliphatic rings. The van der Waals surface area contributed by atoms with E-state index in [2.05, 4.69) is 12.2 Å². The summed E-state index contributed by atoms with van der Waals surface area (Å²) < 4.78 is 5.43. The van der Waals surface area contributed by atoms with Crippen LogP contribution in [0, 0.1) is 5.92 Å². The molecule has 2 atom stereocenters. The van der Waals surface area contributed by atoms with Crippen LogP contribution in [0.25, 0.3) is 0 Å². The van der Waals surface area contributed by atoms with Crippen LogP contribution >= 0.6 is 0 Å². The van der Waals surface area contributed by atoms with Crippen LogP contribution in [0.1, 0.15) is 19.8 Å². The van der Waals surface area contributed by atoms with Gasteiger partial charge in [0.2, 0.25) is 0 Å². The maximum Gasteiger partial charge on any atom is 0.0726 e. The molecule has 0 radical (unpaired) electrons. The monoisotopic (exact) mass is 173 g/mol. The van der Waals surface area contributed by atoms with Crippen molar-refractivity contribution >= 4 is 0 Å². The van der Waals surface area contributed by atoms with Crippen molar-refractivity contribution in [2.24, 2.45) is 5.92 Å². The zero-order valence-electron chi connectivity index (χ0n) is 7.75. The fraction of sp³-hybridized carbons (Fsp3) is 1.00. The molecule has 0 unspecified atom stereocenters. The van der Waals surface area contributed by atoms with Crippen LogP contribution in [0.3, 0.4) is 0 Å². The standard InChI is InChI=1S/C9H19NO2/c1-2-3-4-12-7-8-5-10-6-9(8)11/h8-11H,2-7H2,1H3/t8-,9+/m1/s1. The molecule has 72 valence electrons. The molecule has 3 nitrogen and oxygen atoms in total. The first-order valence-electron chi connectivity index (χ1n) is 4.81. The summed E-state index contributed by atoms with van der Waals surface area (Å²) in [6.07, 6.45) is 2.09. The number of rotatable bonds is 5. The SMILES string of the molecule is CCCCOC[C@H]1CNC[C@@H]1O. The van der Waals surface area contributed by atoms with E-state index >= 15 is 0 Å². The van der Waals surface area contributed by atoms with Gasteiger partial charge >= 0.3 is 0 Å². The summed E-state index contributed by atoms with van der Waals surface area (Å²) in [6, 6.07) is 0. The molecule has 0 bridgehead atoms. The van der Waals surface area contributed by atoms with Crippen LogP contribution in [0.4, 0.5) is 0 Å². The largest absolute Gasteiger partial charge is 0.391 e. The number of unbranched alkanes of at least 4 members (excludes halogenated alkanes) is 1. The molecule has 0 saturated carbocycles. The molecule has 1 aliphatic heterocycles. The van der Waals surface area contributed by atoms with Crippen molar-refractivity contribution in [1.82, 2.24) is 5.32 Å². The average molecular weight is 173 g/mol. The molecule has 0 aromatic carbocycles. The van der Waals surface area contributed by atoms with Crippen molar-refractivity contribution in [3.8, 4) is 0 Å². The molecule has 0 aromatic rings. The lowest BCUT2D eigenvalue weighted by molar-refractivity contribution is 0.0518. The number of hydrogen-bond donors (Lipinski definition) is 2. The molecule has 0 amide bonds. The van der Waals surface area contributed by atoms with E-state index in [1.165, 1.54) is 6.42 Å². The van der Waals surface area contributed by atoms with Gasteiger partial charge in [0.05, 0.1) is 12.7 Å². The summed E-state index contributed by atoms with van der Waals surface area (Å²) in [5, 5.41) is 12.5. The lowest BCUT2D eigenvalue weighted by Gasteiger charge is -2.12. The average Bonchev–Trinajstić information content (AvgIpc) is 2.46. The van der Waals surface area contributed by atoms with Crippen molar-refractivity contribution in [2.75, 3.05) is 26.3 Å². The fourth-order valence-electron chi connectivity index (χ4n) is 1.37. The Morgan fingerprint density at radius 3 is 2.92 bits per heavy atom. The normalized spacial score (nSPS) is 29.5. The molecule has 0 spiro atoms. The summed E-state index contributed by atoms with van der Waals surface area (Å²) in [7, 11) is 0. The summed E-state index contributed by atoms with van der Waals surface area (Å²) >= 11 is 0. The van der Waals surface area contributed by atoms with Crippen LogP contribution in [0.5, 0.6) is 0 Å². The second-order valence-electron chi connectivity index (χ2n) is 3.41. The van der Waals surface area contributed by atoms with E-state index in [0.717, 1.165) is 26.1 Å². The molecule has 1 heterocycles. The van der Waals surface area contributed by atoms with Gasteiger partial charge < -0.3 is 15.2 Å². The highest BCUT2D eigenvalue weighted by molar-refractivity contribution is 4.79. The van der Waals surface area contributed by atoms with Crippen molar-refractivity contribution in [3.05, 3.63) is 0 Å². The van der Waals surface area contributed by atoms with Crippen molar-refractivity contribution in [3.63, 3.8) is 0 Å². The highest BCUT2D eigenvalue weighted by atomic mass is 16.5. The van der Waals surface area contributed by atoms with Gasteiger partial charge in [0.1, 0.15) is 0 Å². The molecule has 2 N–H and O–H groups in total. The van der Waals surface area contributed by atoms with E-state index in [4.69, 9.17) is 4.74 Å². The zero-order chi connectivity index (χ0) is 8.81. The Labute approximate surface area is 74.1 Å². The highest BCUT2D eigenvalue weighted by Crippen LogP contribution is 2.08. The van der Waals surface area contributed by atoms with Crippen molar-refractivity contribution < 1.29 is 9.84 Å². The molecule has 12 heavy (non-hydrogen) atoms. The minimum atomic E-state index is -0.202. The first kappa shape index (κ1) is 9.96. The predicted molar refractivity (Wildman–Crippen MR) is 48.1 cm³/mol. The van der Waals surface area contributed by atoms with Crippen LogP contribution in [0.2, 0.25) is 0 Å². The van der Waals surface area contributed by atoms with E-state index in [1.807, 2.05) is 0 Å². The Morgan fingerprint density at radius 1 is 1.50 bits per heavy atom. The number of nitrogens with one attached hydrogen (secondary N) is 1. The third-order valence-corrected chi connectivity index (χ3v) is 2.28. The van der Waals surface area contributed by atoms with Crippen LogP contribution in [-0.4, -0.2) is 37.5 Å². The minimum absolute atomic E-state index is 0.202. The number of β-amino-alcohol motifs (C(OH)–C–C–N with tert-alkyl or cyclic N) is 1. The highest BCUT2D eigenvalue weighted by Gasteiger charge is 2.24. The molecule has 0 aliphatic carbocycles. The second kappa shape index (κ2) is 5.51. The number of aliphatic hydroxyl groups is 1. The van der Waals surface area contributed by atoms with E-state index in [1.54, 1.807) is 0 Å². The van der Waals surface area contributed by atoms with E-state index in [-0.39, 0.29) is 6.10 Å². The molecule has 1 fully saturated rings. The van der Waals surface area contributed by atoms with Gasteiger partial charge in [0, 0.05) is 25.6 Å². The van der Waals surface area contributed by atoms with Gasteiger partial charge in [0.15, 0.2) is 0 Å². The van der Waals surface area contributed by atoms with Crippen LogP contribution in [0.15, 0.2) is 0 Å². The quantitative estimate of drug-likeness (QED) is 0.591. The van der Waals surface area contributed by atoms with Gasteiger partial charge in [-0.3, -0.25) is 0 Å². The third-order valence-electron chi connectivity index (χ3n) is 2.28. The Bertz CT molecular complexity index is 119. The first-order chi connectivity index (χ1) is 5.84. The Balaban J connectivity index is 1.98. The Morgan fingerprint density at radius 2 is 2.33 bits per heavy atom. The van der Waals surface area contributed by atoms with Crippen molar-refractivity contribution in [2.45, 2.75) is 25.9 Å². The van der Waals surface area contributed by atoms with E-state index < -0.39 is 0 Å². The number of ether oxygens (including phenoxy) is 1. The Hall–Kier alpha value is -0.120. The maximum atomic E-state index is 9.40. The van der Waals surface area contributed by atoms with Crippen molar-refractivity contribution in [1.29, 1.82) is 0 Å². The lowest BCUT2D eigenvalue weighted by atomic mass is 10.1. The van der Waals surface area contributed by atoms with Gasteiger partial charge in [-0.1, -0.05) is 13.3 Å². The van der Waals surface area contributed by atoms with E-state index in [9.17, 15) is 5.11 Å². The van der Waals surface area contributed by atoms with Gasteiger partial charge in [-0.05, 0) is 6.42 Å². The predicted octanol–water partition coefficient (Wildman–Crippen LogP) is 0.383. The number of aliphatic hydroxyl groups excluding tert-OH is 1. The van der Waals surface area contributed by atoms with Crippen LogP contribution < -0.4 is 5.32 Å². The topological polar surface area (TPSA) is 41.5 Å². The first-order valence-corrected chi connectivity index (χ1v) is 4.81. The third kappa shape index (κ3) is 3.09. The minimum Gasteiger partial charge on any atom is -0.391 e. The lowest BCUT2D eigenvalue weighted by Crippen LogP contribution is -2.22. The van der Waals surface area contributed by atoms with Gasteiger partial charge in [-0.25, -0.2) is 0 Å². The molecule has 1 rings (SSSR count). The summed E-state index contributed by atoms with van der Waals surface area (Å²) in [5.74, 6) is 0.307.